The molecule has 2 heterocycles. The van der Waals surface area contributed by atoms with E-state index in [0.717, 1.165) is 35.0 Å². The summed E-state index contributed by atoms with van der Waals surface area (Å²) in [6, 6.07) is 13.6. The third-order valence-corrected chi connectivity index (χ3v) is 7.09. The highest BCUT2D eigenvalue weighted by atomic mass is 16.5. The zero-order valence-electron chi connectivity index (χ0n) is 22.1. The van der Waals surface area contributed by atoms with Crippen LogP contribution in [0.5, 0.6) is 11.5 Å². The van der Waals surface area contributed by atoms with Gasteiger partial charge < -0.3 is 29.6 Å². The first-order chi connectivity index (χ1) is 18.3. The highest BCUT2D eigenvalue weighted by molar-refractivity contribution is 6.00. The number of anilines is 3. The van der Waals surface area contributed by atoms with E-state index in [2.05, 4.69) is 64.1 Å². The fourth-order valence-electron chi connectivity index (χ4n) is 4.54. The number of aryl methyl sites for hydroxylation is 1. The molecular formula is C29H32N6O3. The molecule has 9 nitrogen and oxygen atoms in total. The first kappa shape index (κ1) is 25.3. The largest absolute Gasteiger partial charge is 0.494 e. The van der Waals surface area contributed by atoms with Crippen LogP contribution in [0.2, 0.25) is 0 Å². The fraction of sp³-hybridized carbons (Fsp3) is 0.276. The molecule has 1 fully saturated rings. The van der Waals surface area contributed by atoms with Crippen LogP contribution < -0.4 is 20.1 Å². The van der Waals surface area contributed by atoms with Crippen molar-refractivity contribution in [2.24, 2.45) is 7.05 Å². The normalized spacial score (nSPS) is 13.8. The summed E-state index contributed by atoms with van der Waals surface area (Å²) in [5.41, 5.74) is 4.02. The van der Waals surface area contributed by atoms with Crippen molar-refractivity contribution in [1.29, 1.82) is 0 Å². The lowest BCUT2D eigenvalue weighted by molar-refractivity contribution is -0.111. The molecule has 0 atom stereocenters. The Labute approximate surface area is 222 Å². The van der Waals surface area contributed by atoms with Crippen molar-refractivity contribution in [3.8, 4) is 22.8 Å². The van der Waals surface area contributed by atoms with Gasteiger partial charge >= 0.3 is 0 Å². The van der Waals surface area contributed by atoms with Crippen LogP contribution >= 0.6 is 0 Å². The van der Waals surface area contributed by atoms with Crippen molar-refractivity contribution in [3.63, 3.8) is 0 Å². The highest BCUT2D eigenvalue weighted by Crippen LogP contribution is 2.43. The number of methoxy groups -OCH3 is 1. The molecule has 1 amide bonds. The number of ether oxygens (including phenoxy) is 2. The molecule has 4 aromatic rings. The van der Waals surface area contributed by atoms with Gasteiger partial charge in [-0.05, 0) is 51.2 Å². The first-order valence-corrected chi connectivity index (χ1v) is 12.4. The number of nitrogens with one attached hydrogen (secondary N) is 2. The van der Waals surface area contributed by atoms with E-state index in [1.807, 2.05) is 25.2 Å². The van der Waals surface area contributed by atoms with Gasteiger partial charge in [0.25, 0.3) is 0 Å². The average Bonchev–Trinajstić information content (AvgIpc) is 3.65. The molecule has 196 valence electrons. The Hall–Kier alpha value is -4.37. The number of rotatable bonds is 10. The van der Waals surface area contributed by atoms with Crippen LogP contribution in [0.25, 0.3) is 22.2 Å². The second kappa shape index (κ2) is 10.2. The highest BCUT2D eigenvalue weighted by Gasteiger charge is 2.45. The molecule has 0 spiro atoms. The van der Waals surface area contributed by atoms with Crippen LogP contribution in [0.1, 0.15) is 12.8 Å². The number of benzene rings is 2. The van der Waals surface area contributed by atoms with Crippen molar-refractivity contribution in [2.75, 3.05) is 38.4 Å². The van der Waals surface area contributed by atoms with E-state index < -0.39 is 0 Å². The van der Waals surface area contributed by atoms with Gasteiger partial charge in [0.1, 0.15) is 18.1 Å². The van der Waals surface area contributed by atoms with Gasteiger partial charge in [0, 0.05) is 42.0 Å². The Morgan fingerprint density at radius 2 is 1.97 bits per heavy atom. The van der Waals surface area contributed by atoms with Crippen LogP contribution in [0.15, 0.2) is 67.5 Å². The molecule has 0 radical (unpaired) electrons. The number of amides is 1. The van der Waals surface area contributed by atoms with E-state index in [1.165, 1.54) is 6.08 Å². The molecule has 38 heavy (non-hydrogen) atoms. The molecule has 9 heteroatoms. The van der Waals surface area contributed by atoms with E-state index in [4.69, 9.17) is 14.5 Å². The van der Waals surface area contributed by atoms with Crippen LogP contribution in [-0.2, 0) is 11.8 Å². The molecule has 2 N–H and O–H groups in total. The molecule has 0 saturated heterocycles. The number of hydrogen-bond donors (Lipinski definition) is 2. The van der Waals surface area contributed by atoms with E-state index in [-0.39, 0.29) is 11.4 Å². The summed E-state index contributed by atoms with van der Waals surface area (Å²) in [6.45, 7) is 4.07. The SMILES string of the molecule is C=CC(=O)Nc1cc(Nc2nccc(-c3cn(C)c4ccccc34)n2)c(OC)cc1OCC1(N(C)C)CC1. The molecule has 0 bridgehead atoms. The number of carbonyl (C=O) groups is 1. The molecule has 1 aliphatic rings. The lowest BCUT2D eigenvalue weighted by Crippen LogP contribution is -2.36. The minimum Gasteiger partial charge on any atom is -0.494 e. The van der Waals surface area contributed by atoms with Gasteiger partial charge in [0.15, 0.2) is 0 Å². The minimum absolute atomic E-state index is 0.0137. The third-order valence-electron chi connectivity index (χ3n) is 7.09. The summed E-state index contributed by atoms with van der Waals surface area (Å²) in [7, 11) is 7.71. The maximum Gasteiger partial charge on any atom is 0.247 e. The molecule has 1 aliphatic carbocycles. The Kier molecular flexibility index (Phi) is 6.77. The molecule has 2 aromatic heterocycles. The van der Waals surface area contributed by atoms with Crippen LogP contribution in [0.3, 0.4) is 0 Å². The van der Waals surface area contributed by atoms with Gasteiger partial charge in [-0.3, -0.25) is 4.79 Å². The predicted molar refractivity (Wildman–Crippen MR) is 150 cm³/mol. The molecule has 0 aliphatic heterocycles. The summed E-state index contributed by atoms with van der Waals surface area (Å²) >= 11 is 0. The number of likely N-dealkylation sites (N-methyl/N-ethyl adjacent to an activating group) is 1. The zero-order valence-corrected chi connectivity index (χ0v) is 22.1. The number of carbonyl (C=O) groups excluding carboxylic acids is 1. The predicted octanol–water partition coefficient (Wildman–Crippen LogP) is 4.99. The van der Waals surface area contributed by atoms with Gasteiger partial charge in [-0.1, -0.05) is 24.8 Å². The molecule has 5 rings (SSSR count). The van der Waals surface area contributed by atoms with Crippen molar-refractivity contribution >= 4 is 34.1 Å². The lowest BCUT2D eigenvalue weighted by Gasteiger charge is -2.25. The van der Waals surface area contributed by atoms with Gasteiger partial charge in [-0.25, -0.2) is 9.97 Å². The van der Waals surface area contributed by atoms with E-state index >= 15 is 0 Å². The minimum atomic E-state index is -0.339. The maximum absolute atomic E-state index is 12.2. The van der Waals surface area contributed by atoms with Crippen molar-refractivity contribution < 1.29 is 14.3 Å². The topological polar surface area (TPSA) is 93.5 Å². The van der Waals surface area contributed by atoms with Gasteiger partial charge in [-0.15, -0.1) is 0 Å². The zero-order chi connectivity index (χ0) is 26.9. The summed E-state index contributed by atoms with van der Waals surface area (Å²) in [5, 5.41) is 7.21. The van der Waals surface area contributed by atoms with Crippen molar-refractivity contribution in [1.82, 2.24) is 19.4 Å². The summed E-state index contributed by atoms with van der Waals surface area (Å²) in [5.74, 6) is 1.11. The third kappa shape index (κ3) is 4.92. The summed E-state index contributed by atoms with van der Waals surface area (Å²) < 4.78 is 14.0. The summed E-state index contributed by atoms with van der Waals surface area (Å²) in [6.07, 6.45) is 7.13. The Bertz CT molecular complexity index is 1510. The number of hydrogen-bond acceptors (Lipinski definition) is 7. The molecule has 0 unspecified atom stereocenters. The van der Waals surface area contributed by atoms with Crippen LogP contribution in [0, 0.1) is 0 Å². The molecule has 2 aromatic carbocycles. The maximum atomic E-state index is 12.2. The van der Waals surface area contributed by atoms with Crippen LogP contribution in [0.4, 0.5) is 17.3 Å². The Morgan fingerprint density at radius 1 is 1.18 bits per heavy atom. The van der Waals surface area contributed by atoms with Gasteiger partial charge in [0.2, 0.25) is 11.9 Å². The Morgan fingerprint density at radius 3 is 2.68 bits per heavy atom. The van der Waals surface area contributed by atoms with E-state index in [1.54, 1.807) is 25.4 Å². The number of aromatic nitrogens is 3. The lowest BCUT2D eigenvalue weighted by atomic mass is 10.1. The molecular weight excluding hydrogens is 480 g/mol. The standard InChI is InChI=1S/C29H32N6O3/c1-6-27(36)31-23-15-22(25(37-5)16-26(23)38-18-29(12-13-29)34(2)3)33-28-30-14-11-21(32-28)20-17-35(4)24-10-8-7-9-19(20)24/h6-11,14-17H,1,12-13,18H2,2-5H3,(H,31,36)(H,30,32,33). The number of nitrogens with zero attached hydrogens (tertiary/aromatic N) is 4. The quantitative estimate of drug-likeness (QED) is 0.289. The molecule has 1 saturated carbocycles. The van der Waals surface area contributed by atoms with Crippen molar-refractivity contribution in [3.05, 3.63) is 67.5 Å². The fourth-order valence-corrected chi connectivity index (χ4v) is 4.54. The van der Waals surface area contributed by atoms with Gasteiger partial charge in [-0.2, -0.15) is 0 Å². The van der Waals surface area contributed by atoms with Crippen molar-refractivity contribution in [2.45, 2.75) is 18.4 Å². The first-order valence-electron chi connectivity index (χ1n) is 12.4. The monoisotopic (exact) mass is 512 g/mol. The number of para-hydroxylation sites is 1. The second-order valence-electron chi connectivity index (χ2n) is 9.71. The smallest absolute Gasteiger partial charge is 0.247 e. The number of fused-ring (bicyclic) bond motifs is 1. The van der Waals surface area contributed by atoms with E-state index in [9.17, 15) is 4.79 Å². The summed E-state index contributed by atoms with van der Waals surface area (Å²) in [4.78, 5) is 23.6. The average molecular weight is 513 g/mol. The van der Waals surface area contributed by atoms with Crippen LogP contribution in [-0.4, -0.2) is 58.7 Å². The van der Waals surface area contributed by atoms with E-state index in [0.29, 0.717) is 35.4 Å². The second-order valence-corrected chi connectivity index (χ2v) is 9.71. The van der Waals surface area contributed by atoms with Gasteiger partial charge in [0.05, 0.1) is 29.7 Å². The Balaban J connectivity index is 1.47.